The Morgan fingerprint density at radius 3 is 2.51 bits per heavy atom. The predicted molar refractivity (Wildman–Crippen MR) is 140 cm³/mol. The molecule has 35 heavy (non-hydrogen) atoms. The molecule has 3 rings (SSSR count). The van der Waals surface area contributed by atoms with Gasteiger partial charge in [0.25, 0.3) is 11.6 Å². The number of anilines is 1. The minimum Gasteiger partial charge on any atom is -0.487 e. The fraction of sp³-hybridized carbons (Fsp3) is 0.0417. The third-order valence-electron chi connectivity index (χ3n) is 4.60. The first kappa shape index (κ1) is 25.9. The largest absolute Gasteiger partial charge is 0.487 e. The highest BCUT2D eigenvalue weighted by atomic mass is 127. The Hall–Kier alpha value is -3.76. The molecule has 0 saturated heterocycles. The number of carboxylic acids is 1. The first-order valence-electron chi connectivity index (χ1n) is 9.79. The fourth-order valence-corrected chi connectivity index (χ4v) is 4.68. The number of aromatic carboxylic acids is 1. The molecule has 0 bridgehead atoms. The minimum atomic E-state index is -1.01. The molecule has 0 fully saturated rings. The Bertz CT molecular complexity index is 1360. The number of nitro groups is 1. The molecule has 176 valence electrons. The van der Waals surface area contributed by atoms with E-state index < -0.39 is 16.8 Å². The molecule has 0 aromatic heterocycles. The first-order chi connectivity index (χ1) is 16.7. The molecule has 11 heteroatoms. The topological polar surface area (TPSA) is 143 Å². The average molecular weight is 648 g/mol. The van der Waals surface area contributed by atoms with Gasteiger partial charge in [-0.3, -0.25) is 14.9 Å². The minimum absolute atomic E-state index is 0.183. The monoisotopic (exact) mass is 647 g/mol. The van der Waals surface area contributed by atoms with E-state index in [1.807, 2.05) is 6.07 Å². The second-order valence-electron chi connectivity index (χ2n) is 7.04. The lowest BCUT2D eigenvalue weighted by molar-refractivity contribution is -0.384. The van der Waals surface area contributed by atoms with Crippen molar-refractivity contribution in [1.29, 1.82) is 5.26 Å². The summed E-state index contributed by atoms with van der Waals surface area (Å²) in [6.45, 7) is 0.207. The van der Waals surface area contributed by atoms with Crippen LogP contribution in [0.25, 0.3) is 6.08 Å². The van der Waals surface area contributed by atoms with Crippen molar-refractivity contribution in [3.05, 3.63) is 101 Å². The van der Waals surface area contributed by atoms with Crippen LogP contribution in [0.5, 0.6) is 5.75 Å². The molecule has 0 heterocycles. The molecule has 3 aromatic rings. The molecule has 0 saturated carbocycles. The Labute approximate surface area is 221 Å². The fourth-order valence-electron chi connectivity index (χ4n) is 2.91. The highest BCUT2D eigenvalue weighted by molar-refractivity contribution is 14.1. The van der Waals surface area contributed by atoms with E-state index in [1.165, 1.54) is 42.5 Å². The zero-order valence-electron chi connectivity index (χ0n) is 17.7. The molecule has 0 spiro atoms. The van der Waals surface area contributed by atoms with E-state index in [4.69, 9.17) is 9.84 Å². The normalized spacial score (nSPS) is 10.8. The van der Waals surface area contributed by atoms with Crippen LogP contribution in [0.4, 0.5) is 11.4 Å². The number of amides is 1. The van der Waals surface area contributed by atoms with Gasteiger partial charge in [-0.2, -0.15) is 5.26 Å². The van der Waals surface area contributed by atoms with Gasteiger partial charge in [0.2, 0.25) is 0 Å². The smallest absolute Gasteiger partial charge is 0.335 e. The number of nitro benzene ring substituents is 1. The van der Waals surface area contributed by atoms with E-state index in [2.05, 4.69) is 43.8 Å². The Balaban J connectivity index is 1.75. The number of carboxylic acid groups (broad SMARTS) is 1. The van der Waals surface area contributed by atoms with Crippen molar-refractivity contribution >= 4 is 67.8 Å². The number of benzene rings is 3. The molecule has 3 aromatic carbocycles. The number of carbonyl (C=O) groups is 2. The van der Waals surface area contributed by atoms with Crippen LogP contribution in [0, 0.1) is 25.0 Å². The van der Waals surface area contributed by atoms with Gasteiger partial charge in [-0.15, -0.1) is 0 Å². The van der Waals surface area contributed by atoms with Gasteiger partial charge in [0.05, 0.1) is 18.5 Å². The molecule has 0 aliphatic rings. The number of ether oxygens (including phenoxy) is 1. The number of hydrogen-bond donors (Lipinski definition) is 2. The van der Waals surface area contributed by atoms with Crippen molar-refractivity contribution in [2.45, 2.75) is 6.61 Å². The van der Waals surface area contributed by atoms with Crippen LogP contribution in [-0.2, 0) is 11.4 Å². The summed E-state index contributed by atoms with van der Waals surface area (Å²) in [6, 6.07) is 17.0. The number of carbonyl (C=O) groups excluding carboxylic acids is 1. The number of hydrogen-bond acceptors (Lipinski definition) is 6. The van der Waals surface area contributed by atoms with E-state index >= 15 is 0 Å². The van der Waals surface area contributed by atoms with Crippen molar-refractivity contribution in [1.82, 2.24) is 0 Å². The second-order valence-corrected chi connectivity index (χ2v) is 9.05. The van der Waals surface area contributed by atoms with Crippen molar-refractivity contribution in [3.8, 4) is 11.8 Å². The van der Waals surface area contributed by atoms with Gasteiger partial charge in [0.1, 0.15) is 24.0 Å². The van der Waals surface area contributed by atoms with Crippen molar-refractivity contribution < 1.29 is 24.4 Å². The Morgan fingerprint density at radius 1 is 1.20 bits per heavy atom. The molecular formula is C24H15BrIN3O6. The van der Waals surface area contributed by atoms with Gasteiger partial charge in [-0.1, -0.05) is 18.2 Å². The predicted octanol–water partition coefficient (Wildman–Crippen LogP) is 5.78. The van der Waals surface area contributed by atoms with E-state index in [1.54, 1.807) is 24.3 Å². The molecule has 2 N–H and O–H groups in total. The van der Waals surface area contributed by atoms with Crippen molar-refractivity contribution in [2.24, 2.45) is 0 Å². The highest BCUT2D eigenvalue weighted by Crippen LogP contribution is 2.33. The third kappa shape index (κ3) is 6.87. The standard InChI is InChI=1S/C24H15BrIN3O6/c25-20-9-15(8-17(12-27)23(30)28-18-2-1-3-19(11-18)29(33)34)10-21(26)22(20)35-13-14-4-6-16(7-5-14)24(31)32/h1-11H,13H2,(H,28,30)(H,31,32)/b17-8+. The second kappa shape index (κ2) is 11.6. The number of nitrogens with zero attached hydrogens (tertiary/aromatic N) is 2. The van der Waals surface area contributed by atoms with E-state index in [-0.39, 0.29) is 29.1 Å². The van der Waals surface area contributed by atoms with Gasteiger partial charge in [0.15, 0.2) is 0 Å². The molecule has 0 aliphatic heterocycles. The molecule has 0 unspecified atom stereocenters. The summed E-state index contributed by atoms with van der Waals surface area (Å²) in [7, 11) is 0. The van der Waals surface area contributed by atoms with Gasteiger partial charge in [-0.05, 0) is 86.1 Å². The maximum atomic E-state index is 12.5. The average Bonchev–Trinajstić information content (AvgIpc) is 2.82. The highest BCUT2D eigenvalue weighted by Gasteiger charge is 2.14. The van der Waals surface area contributed by atoms with Crippen LogP contribution >= 0.6 is 38.5 Å². The molecular weight excluding hydrogens is 633 g/mol. The molecule has 0 atom stereocenters. The quantitative estimate of drug-likeness (QED) is 0.104. The molecule has 1 amide bonds. The number of non-ortho nitro benzene ring substituents is 1. The third-order valence-corrected chi connectivity index (χ3v) is 5.99. The van der Waals surface area contributed by atoms with Crippen LogP contribution in [-0.4, -0.2) is 21.9 Å². The molecule has 0 radical (unpaired) electrons. The maximum Gasteiger partial charge on any atom is 0.335 e. The SMILES string of the molecule is N#C/C(=C\c1cc(Br)c(OCc2ccc(C(=O)O)cc2)c(I)c1)C(=O)Nc1cccc([N+](=O)[O-])c1. The van der Waals surface area contributed by atoms with Crippen LogP contribution in [0.15, 0.2) is 70.7 Å². The first-order valence-corrected chi connectivity index (χ1v) is 11.7. The van der Waals surface area contributed by atoms with Gasteiger partial charge < -0.3 is 15.2 Å². The maximum absolute atomic E-state index is 12.5. The van der Waals surface area contributed by atoms with Crippen LogP contribution < -0.4 is 10.1 Å². The van der Waals surface area contributed by atoms with Crippen molar-refractivity contribution in [2.75, 3.05) is 5.32 Å². The number of nitrogens with one attached hydrogen (secondary N) is 1. The van der Waals surface area contributed by atoms with Gasteiger partial charge in [-0.25, -0.2) is 4.79 Å². The summed E-state index contributed by atoms with van der Waals surface area (Å²) in [4.78, 5) is 33.9. The summed E-state index contributed by atoms with van der Waals surface area (Å²) in [6.07, 6.45) is 1.40. The number of halogens is 2. The van der Waals surface area contributed by atoms with Crippen LogP contribution in [0.2, 0.25) is 0 Å². The lowest BCUT2D eigenvalue weighted by Gasteiger charge is -2.12. The number of nitriles is 1. The van der Waals surface area contributed by atoms with Crippen LogP contribution in [0.1, 0.15) is 21.5 Å². The van der Waals surface area contributed by atoms with E-state index in [0.29, 0.717) is 19.4 Å². The molecule has 9 nitrogen and oxygen atoms in total. The summed E-state index contributed by atoms with van der Waals surface area (Å²) in [5, 5.41) is 31.9. The summed E-state index contributed by atoms with van der Waals surface area (Å²) >= 11 is 5.51. The van der Waals surface area contributed by atoms with E-state index in [0.717, 1.165) is 5.56 Å². The summed E-state index contributed by atoms with van der Waals surface area (Å²) in [5.74, 6) is -1.16. The lowest BCUT2D eigenvalue weighted by Crippen LogP contribution is -2.13. The van der Waals surface area contributed by atoms with Crippen molar-refractivity contribution in [3.63, 3.8) is 0 Å². The van der Waals surface area contributed by atoms with Gasteiger partial charge >= 0.3 is 5.97 Å². The number of rotatable bonds is 8. The zero-order valence-corrected chi connectivity index (χ0v) is 21.4. The Morgan fingerprint density at radius 2 is 1.91 bits per heavy atom. The Kier molecular flexibility index (Phi) is 8.56. The summed E-state index contributed by atoms with van der Waals surface area (Å²) < 4.78 is 7.18. The zero-order chi connectivity index (χ0) is 25.5. The van der Waals surface area contributed by atoms with Crippen LogP contribution in [0.3, 0.4) is 0 Å². The van der Waals surface area contributed by atoms with E-state index in [9.17, 15) is 25.0 Å². The van der Waals surface area contributed by atoms with Gasteiger partial charge in [0, 0.05) is 17.8 Å². The summed E-state index contributed by atoms with van der Waals surface area (Å²) in [5.41, 5.74) is 1.35. The lowest BCUT2D eigenvalue weighted by atomic mass is 10.1. The molecule has 0 aliphatic carbocycles.